The molecule has 0 aliphatic carbocycles. The zero-order valence-corrected chi connectivity index (χ0v) is 15.0. The third kappa shape index (κ3) is 5.70. The van der Waals surface area contributed by atoms with Crippen LogP contribution in [0.2, 0.25) is 0 Å². The summed E-state index contributed by atoms with van der Waals surface area (Å²) in [6.07, 6.45) is 2.25. The van der Waals surface area contributed by atoms with E-state index in [0.29, 0.717) is 30.2 Å². The molecule has 0 unspecified atom stereocenters. The van der Waals surface area contributed by atoms with Gasteiger partial charge in [-0.05, 0) is 67.1 Å². The van der Waals surface area contributed by atoms with Gasteiger partial charge in [0.05, 0.1) is 12.9 Å². The van der Waals surface area contributed by atoms with Gasteiger partial charge in [-0.15, -0.1) is 0 Å². The minimum Gasteiger partial charge on any atom is -0.494 e. The lowest BCUT2D eigenvalue weighted by molar-refractivity contribution is -0.116. The molecule has 2 N–H and O–H groups in total. The lowest BCUT2D eigenvalue weighted by atomic mass is 10.2. The summed E-state index contributed by atoms with van der Waals surface area (Å²) < 4.78 is 23.3. The topological polar surface area (TPSA) is 80.6 Å². The first-order valence-corrected chi connectivity index (χ1v) is 8.73. The molecule has 6 nitrogen and oxygen atoms in total. The molecule has 0 aliphatic heterocycles. The van der Waals surface area contributed by atoms with E-state index in [-0.39, 0.29) is 29.8 Å². The molecule has 144 valence electrons. The van der Waals surface area contributed by atoms with Gasteiger partial charge in [0, 0.05) is 17.8 Å². The highest BCUT2D eigenvalue weighted by molar-refractivity contribution is 6.02. The Kier molecular flexibility index (Phi) is 6.41. The molecule has 0 fully saturated rings. The molecule has 7 heteroatoms. The molecule has 0 spiro atoms. The van der Waals surface area contributed by atoms with E-state index in [1.807, 2.05) is 0 Å². The van der Waals surface area contributed by atoms with E-state index in [9.17, 15) is 14.0 Å². The van der Waals surface area contributed by atoms with Crippen molar-refractivity contribution in [3.05, 3.63) is 78.5 Å². The fourth-order valence-corrected chi connectivity index (χ4v) is 2.41. The molecular weight excluding hydrogens is 363 g/mol. The zero-order valence-electron chi connectivity index (χ0n) is 15.0. The number of hydrogen-bond donors (Lipinski definition) is 2. The van der Waals surface area contributed by atoms with Gasteiger partial charge in [0.2, 0.25) is 5.91 Å². The average Bonchev–Trinajstić information content (AvgIpc) is 3.23. The van der Waals surface area contributed by atoms with Gasteiger partial charge in [-0.3, -0.25) is 9.59 Å². The summed E-state index contributed by atoms with van der Waals surface area (Å²) in [7, 11) is 0. The van der Waals surface area contributed by atoms with Crippen LogP contribution in [0.25, 0.3) is 0 Å². The molecule has 2 aromatic carbocycles. The second-order valence-corrected chi connectivity index (χ2v) is 5.96. The number of ether oxygens (including phenoxy) is 1. The molecule has 0 bridgehead atoms. The third-order valence-corrected chi connectivity index (χ3v) is 3.80. The molecular formula is C21H19FN2O4. The highest BCUT2D eigenvalue weighted by Crippen LogP contribution is 2.16. The van der Waals surface area contributed by atoms with Gasteiger partial charge >= 0.3 is 0 Å². The Bertz CT molecular complexity index is 907. The van der Waals surface area contributed by atoms with Crippen LogP contribution in [0.1, 0.15) is 23.4 Å². The van der Waals surface area contributed by atoms with Crippen molar-refractivity contribution in [2.75, 3.05) is 17.2 Å². The normalized spacial score (nSPS) is 10.3. The SMILES string of the molecule is O=C(CCCOc1ccc(F)cc1)Nc1ccc(NC(=O)c2ccco2)cc1. The first-order chi connectivity index (χ1) is 13.6. The van der Waals surface area contributed by atoms with E-state index in [0.717, 1.165) is 0 Å². The van der Waals surface area contributed by atoms with Crippen LogP contribution >= 0.6 is 0 Å². The van der Waals surface area contributed by atoms with Crippen LogP contribution in [0, 0.1) is 5.82 Å². The molecule has 1 aromatic heterocycles. The summed E-state index contributed by atoms with van der Waals surface area (Å²) in [5, 5.41) is 5.48. The minimum absolute atomic E-state index is 0.143. The van der Waals surface area contributed by atoms with Gasteiger partial charge in [0.15, 0.2) is 5.76 Å². The maximum atomic E-state index is 12.8. The predicted molar refractivity (Wildman–Crippen MR) is 103 cm³/mol. The summed E-state index contributed by atoms with van der Waals surface area (Å²) >= 11 is 0. The number of benzene rings is 2. The van der Waals surface area contributed by atoms with Crippen LogP contribution in [0.3, 0.4) is 0 Å². The van der Waals surface area contributed by atoms with Crippen LogP contribution in [0.4, 0.5) is 15.8 Å². The summed E-state index contributed by atoms with van der Waals surface area (Å²) in [6, 6.07) is 15.7. The van der Waals surface area contributed by atoms with Crippen molar-refractivity contribution in [3.8, 4) is 5.75 Å². The number of halogens is 1. The Balaban J connectivity index is 1.39. The Morgan fingerprint density at radius 3 is 2.25 bits per heavy atom. The molecule has 28 heavy (non-hydrogen) atoms. The average molecular weight is 382 g/mol. The van der Waals surface area contributed by atoms with Crippen LogP contribution in [-0.2, 0) is 4.79 Å². The zero-order chi connectivity index (χ0) is 19.8. The standard InChI is InChI=1S/C21H19FN2O4/c22-15-5-11-18(12-6-15)27-13-2-4-20(25)23-16-7-9-17(10-8-16)24-21(26)19-3-1-14-28-19/h1,3,5-12,14H,2,4,13H2,(H,23,25)(H,24,26). The van der Waals surface area contributed by atoms with Gasteiger partial charge in [0.1, 0.15) is 11.6 Å². The molecule has 0 saturated carbocycles. The van der Waals surface area contributed by atoms with Crippen LogP contribution in [0.5, 0.6) is 5.75 Å². The number of nitrogens with one attached hydrogen (secondary N) is 2. The largest absolute Gasteiger partial charge is 0.494 e. The number of amides is 2. The van der Waals surface area contributed by atoms with Gasteiger partial charge in [-0.25, -0.2) is 4.39 Å². The first kappa shape index (κ1) is 19.2. The number of rotatable bonds is 8. The molecule has 3 rings (SSSR count). The van der Waals surface area contributed by atoms with Crippen molar-refractivity contribution < 1.29 is 23.1 Å². The maximum Gasteiger partial charge on any atom is 0.291 e. The quantitative estimate of drug-likeness (QED) is 0.564. The number of anilines is 2. The Morgan fingerprint density at radius 1 is 0.929 bits per heavy atom. The molecule has 0 aliphatic rings. The van der Waals surface area contributed by atoms with Crippen molar-refractivity contribution in [2.45, 2.75) is 12.8 Å². The predicted octanol–water partition coefficient (Wildman–Crippen LogP) is 4.47. The van der Waals surface area contributed by atoms with Crippen molar-refractivity contribution >= 4 is 23.2 Å². The molecule has 2 amide bonds. The van der Waals surface area contributed by atoms with Gasteiger partial charge in [-0.2, -0.15) is 0 Å². The highest BCUT2D eigenvalue weighted by Gasteiger charge is 2.09. The summed E-state index contributed by atoms with van der Waals surface area (Å²) in [4.78, 5) is 23.9. The van der Waals surface area contributed by atoms with Crippen LogP contribution in [-0.4, -0.2) is 18.4 Å². The van der Waals surface area contributed by atoms with Crippen LogP contribution in [0.15, 0.2) is 71.3 Å². The first-order valence-electron chi connectivity index (χ1n) is 8.73. The smallest absolute Gasteiger partial charge is 0.291 e. The summed E-state index contributed by atoms with van der Waals surface area (Å²) in [5.41, 5.74) is 1.22. The fraction of sp³-hybridized carbons (Fsp3) is 0.143. The minimum atomic E-state index is -0.344. The van der Waals surface area contributed by atoms with Crippen molar-refractivity contribution in [2.24, 2.45) is 0 Å². The second kappa shape index (κ2) is 9.36. The van der Waals surface area contributed by atoms with Gasteiger partial charge in [0.25, 0.3) is 5.91 Å². The van der Waals surface area contributed by atoms with Gasteiger partial charge < -0.3 is 19.8 Å². The molecule has 0 atom stereocenters. The van der Waals surface area contributed by atoms with Crippen LogP contribution < -0.4 is 15.4 Å². The lowest BCUT2D eigenvalue weighted by Crippen LogP contribution is -2.13. The number of carbonyl (C=O) groups excluding carboxylic acids is 2. The summed E-state index contributed by atoms with van der Waals surface area (Å²) in [5.74, 6) is -0.0227. The van der Waals surface area contributed by atoms with E-state index in [1.54, 1.807) is 48.5 Å². The number of carbonyl (C=O) groups is 2. The van der Waals surface area contributed by atoms with Crippen molar-refractivity contribution in [3.63, 3.8) is 0 Å². The maximum absolute atomic E-state index is 12.8. The highest BCUT2D eigenvalue weighted by atomic mass is 19.1. The fourth-order valence-electron chi connectivity index (χ4n) is 2.41. The number of furan rings is 1. The molecule has 0 radical (unpaired) electrons. The van der Waals surface area contributed by atoms with E-state index < -0.39 is 0 Å². The lowest BCUT2D eigenvalue weighted by Gasteiger charge is -2.08. The number of hydrogen-bond acceptors (Lipinski definition) is 4. The monoisotopic (exact) mass is 382 g/mol. The Morgan fingerprint density at radius 2 is 1.61 bits per heavy atom. The van der Waals surface area contributed by atoms with E-state index in [4.69, 9.17) is 9.15 Å². The Hall–Kier alpha value is -3.61. The van der Waals surface area contributed by atoms with E-state index in [1.165, 1.54) is 18.4 Å². The summed E-state index contributed by atoms with van der Waals surface area (Å²) in [6.45, 7) is 0.358. The molecule has 1 heterocycles. The Labute approximate surface area is 161 Å². The molecule has 0 saturated heterocycles. The third-order valence-electron chi connectivity index (χ3n) is 3.80. The second-order valence-electron chi connectivity index (χ2n) is 5.96. The van der Waals surface area contributed by atoms with Crippen molar-refractivity contribution in [1.29, 1.82) is 0 Å². The van der Waals surface area contributed by atoms with Gasteiger partial charge in [-0.1, -0.05) is 0 Å². The molecule has 3 aromatic rings. The van der Waals surface area contributed by atoms with E-state index >= 15 is 0 Å². The van der Waals surface area contributed by atoms with Crippen molar-refractivity contribution in [1.82, 2.24) is 0 Å². The van der Waals surface area contributed by atoms with E-state index in [2.05, 4.69) is 10.6 Å².